The molecular formula is C26H20F4P2. The van der Waals surface area contributed by atoms with Crippen LogP contribution in [0.1, 0.15) is 0 Å². The van der Waals surface area contributed by atoms with Crippen LogP contribution in [0, 0.1) is 23.3 Å². The van der Waals surface area contributed by atoms with Crippen LogP contribution in [-0.4, -0.2) is 12.3 Å². The Morgan fingerprint density at radius 2 is 0.656 bits per heavy atom. The maximum atomic E-state index is 14.0. The molecular weight excluding hydrogens is 450 g/mol. The van der Waals surface area contributed by atoms with Crippen molar-refractivity contribution in [1.82, 2.24) is 0 Å². The highest BCUT2D eigenvalue weighted by Crippen LogP contribution is 2.41. The molecule has 0 bridgehead atoms. The predicted octanol–water partition coefficient (Wildman–Crippen LogP) is 5.81. The van der Waals surface area contributed by atoms with Gasteiger partial charge in [0.05, 0.1) is 0 Å². The maximum Gasteiger partial charge on any atom is 0.123 e. The Labute approximate surface area is 187 Å². The average Bonchev–Trinajstić information content (AvgIpc) is 2.77. The van der Waals surface area contributed by atoms with Crippen molar-refractivity contribution >= 4 is 37.1 Å². The lowest BCUT2D eigenvalue weighted by molar-refractivity contribution is 0.628. The van der Waals surface area contributed by atoms with Gasteiger partial charge in [0.15, 0.2) is 0 Å². The topological polar surface area (TPSA) is 0 Å². The maximum absolute atomic E-state index is 14.0. The molecule has 0 aliphatic heterocycles. The van der Waals surface area contributed by atoms with Crippen LogP contribution in [0.15, 0.2) is 97.1 Å². The largest absolute Gasteiger partial charge is 0.207 e. The van der Waals surface area contributed by atoms with E-state index in [1.807, 2.05) is 24.3 Å². The zero-order valence-electron chi connectivity index (χ0n) is 17.1. The quantitative estimate of drug-likeness (QED) is 0.236. The summed E-state index contributed by atoms with van der Waals surface area (Å²) in [6.45, 7) is 0. The van der Waals surface area contributed by atoms with Gasteiger partial charge in [-0.1, -0.05) is 48.5 Å². The lowest BCUT2D eigenvalue weighted by Crippen LogP contribution is -2.20. The number of halogens is 4. The normalized spacial score (nSPS) is 11.3. The Hall–Kier alpha value is -2.54. The molecule has 0 aromatic heterocycles. The summed E-state index contributed by atoms with van der Waals surface area (Å²) >= 11 is 0. The summed E-state index contributed by atoms with van der Waals surface area (Å²) in [7, 11) is -2.13. The number of benzene rings is 4. The number of rotatable bonds is 7. The smallest absolute Gasteiger partial charge is 0.123 e. The minimum Gasteiger partial charge on any atom is -0.207 e. The third-order valence-corrected chi connectivity index (χ3v) is 10.3. The molecule has 0 saturated carbocycles. The van der Waals surface area contributed by atoms with E-state index >= 15 is 0 Å². The van der Waals surface area contributed by atoms with Crippen LogP contribution >= 0.6 is 15.8 Å². The van der Waals surface area contributed by atoms with Crippen molar-refractivity contribution in [2.24, 2.45) is 0 Å². The van der Waals surface area contributed by atoms with Crippen molar-refractivity contribution in [3.63, 3.8) is 0 Å². The van der Waals surface area contributed by atoms with Crippen molar-refractivity contribution in [3.05, 3.63) is 120 Å². The highest BCUT2D eigenvalue weighted by molar-refractivity contribution is 7.76. The summed E-state index contributed by atoms with van der Waals surface area (Å²) in [6, 6.07) is 25.5. The van der Waals surface area contributed by atoms with Crippen molar-refractivity contribution in [1.29, 1.82) is 0 Å². The van der Waals surface area contributed by atoms with Gasteiger partial charge < -0.3 is 0 Å². The van der Waals surface area contributed by atoms with E-state index in [1.54, 1.807) is 24.3 Å². The van der Waals surface area contributed by atoms with Gasteiger partial charge in [0.1, 0.15) is 23.3 Å². The first-order valence-corrected chi connectivity index (χ1v) is 13.1. The average molecular weight is 470 g/mol. The van der Waals surface area contributed by atoms with Crippen LogP contribution in [0.25, 0.3) is 0 Å². The fourth-order valence-corrected chi connectivity index (χ4v) is 9.00. The lowest BCUT2D eigenvalue weighted by atomic mass is 10.3. The van der Waals surface area contributed by atoms with E-state index in [1.165, 1.54) is 48.5 Å². The van der Waals surface area contributed by atoms with Gasteiger partial charge in [-0.3, -0.25) is 0 Å². The van der Waals surface area contributed by atoms with E-state index in [0.29, 0.717) is 12.3 Å². The van der Waals surface area contributed by atoms with E-state index < -0.39 is 15.8 Å². The van der Waals surface area contributed by atoms with Gasteiger partial charge >= 0.3 is 0 Å². The summed E-state index contributed by atoms with van der Waals surface area (Å²) < 4.78 is 56.0. The first-order valence-electron chi connectivity index (χ1n) is 10.1. The molecule has 0 radical (unpaired) electrons. The second kappa shape index (κ2) is 10.4. The van der Waals surface area contributed by atoms with Gasteiger partial charge in [-0.05, 0) is 97.9 Å². The molecule has 0 nitrogen and oxygen atoms in total. The summed E-state index contributed by atoms with van der Waals surface area (Å²) in [4.78, 5) is 0. The molecule has 0 aliphatic rings. The zero-order valence-corrected chi connectivity index (χ0v) is 18.8. The molecule has 0 saturated heterocycles. The minimum absolute atomic E-state index is 0.344. The monoisotopic (exact) mass is 470 g/mol. The molecule has 0 amide bonds. The van der Waals surface area contributed by atoms with Crippen LogP contribution in [-0.2, 0) is 0 Å². The Balaban J connectivity index is 1.71. The van der Waals surface area contributed by atoms with Crippen molar-refractivity contribution < 1.29 is 17.6 Å². The Morgan fingerprint density at radius 3 is 0.875 bits per heavy atom. The fraction of sp³-hybridized carbons (Fsp3) is 0.0769. The minimum atomic E-state index is -1.06. The van der Waals surface area contributed by atoms with Gasteiger partial charge in [-0.2, -0.15) is 0 Å². The molecule has 4 aromatic rings. The molecule has 4 rings (SSSR count). The molecule has 4 aromatic carbocycles. The Bertz CT molecular complexity index is 1030. The van der Waals surface area contributed by atoms with E-state index in [9.17, 15) is 17.6 Å². The summed E-state index contributed by atoms with van der Waals surface area (Å²) in [5.74, 6) is -1.37. The molecule has 0 atom stereocenters. The fourth-order valence-electron chi connectivity index (χ4n) is 3.59. The molecule has 6 heteroatoms. The summed E-state index contributed by atoms with van der Waals surface area (Å²) in [5, 5.41) is 3.22. The Morgan fingerprint density at radius 1 is 0.406 bits per heavy atom. The molecule has 162 valence electrons. The Kier molecular flexibility index (Phi) is 7.35. The highest BCUT2D eigenvalue weighted by Gasteiger charge is 2.21. The third kappa shape index (κ3) is 5.63. The van der Waals surface area contributed by atoms with Crippen LogP contribution in [0.4, 0.5) is 17.6 Å². The highest BCUT2D eigenvalue weighted by atomic mass is 31.1. The first kappa shape index (κ1) is 22.6. The summed E-state index contributed by atoms with van der Waals surface area (Å²) in [5.41, 5.74) is 0. The molecule has 0 aliphatic carbocycles. The van der Waals surface area contributed by atoms with Gasteiger partial charge in [0.25, 0.3) is 0 Å². The van der Waals surface area contributed by atoms with Crippen LogP contribution < -0.4 is 21.2 Å². The molecule has 0 fully saturated rings. The SMILES string of the molecule is Fc1cccc(P(CCP(c2cccc(F)c2)c2cccc(F)c2)c2cccc(F)c2)c1. The van der Waals surface area contributed by atoms with E-state index in [2.05, 4.69) is 0 Å². The molecule has 0 unspecified atom stereocenters. The number of hydrogen-bond acceptors (Lipinski definition) is 0. The van der Waals surface area contributed by atoms with Crippen LogP contribution in [0.5, 0.6) is 0 Å². The van der Waals surface area contributed by atoms with Crippen molar-refractivity contribution in [3.8, 4) is 0 Å². The first-order chi connectivity index (χ1) is 15.5. The number of hydrogen-bond donors (Lipinski definition) is 0. The van der Waals surface area contributed by atoms with Crippen molar-refractivity contribution in [2.75, 3.05) is 12.3 Å². The van der Waals surface area contributed by atoms with Crippen molar-refractivity contribution in [2.45, 2.75) is 0 Å². The van der Waals surface area contributed by atoms with Crippen LogP contribution in [0.2, 0.25) is 0 Å². The van der Waals surface area contributed by atoms with Crippen LogP contribution in [0.3, 0.4) is 0 Å². The molecule has 0 N–H and O–H groups in total. The van der Waals surface area contributed by atoms with E-state index in [-0.39, 0.29) is 23.3 Å². The van der Waals surface area contributed by atoms with Gasteiger partial charge in [-0.15, -0.1) is 0 Å². The lowest BCUT2D eigenvalue weighted by Gasteiger charge is -2.24. The zero-order chi connectivity index (χ0) is 22.5. The predicted molar refractivity (Wildman–Crippen MR) is 128 cm³/mol. The second-order valence-corrected chi connectivity index (χ2v) is 11.9. The molecule has 0 spiro atoms. The standard InChI is InChI=1S/C26H20F4P2/c27-19-5-1-9-23(15-19)31(24-10-2-6-20(28)16-24)13-14-32(25-11-3-7-21(29)17-25)26-12-4-8-22(30)18-26/h1-12,15-18H,13-14H2. The third-order valence-electron chi connectivity index (χ3n) is 5.03. The molecule has 32 heavy (non-hydrogen) atoms. The van der Waals surface area contributed by atoms with Gasteiger partial charge in [0.2, 0.25) is 0 Å². The van der Waals surface area contributed by atoms with E-state index in [0.717, 1.165) is 21.2 Å². The van der Waals surface area contributed by atoms with E-state index in [4.69, 9.17) is 0 Å². The summed E-state index contributed by atoms with van der Waals surface area (Å²) in [6.07, 6.45) is 1.25. The van der Waals surface area contributed by atoms with Gasteiger partial charge in [-0.25, -0.2) is 17.6 Å². The van der Waals surface area contributed by atoms with Gasteiger partial charge in [0, 0.05) is 0 Å². The molecule has 0 heterocycles. The second-order valence-electron chi connectivity index (χ2n) is 7.22.